The van der Waals surface area contributed by atoms with E-state index in [2.05, 4.69) is 205 Å². The van der Waals surface area contributed by atoms with Crippen molar-refractivity contribution in [3.63, 3.8) is 0 Å². The van der Waals surface area contributed by atoms with E-state index < -0.39 is 0 Å². The Morgan fingerprint density at radius 1 is 0.368 bits per heavy atom. The van der Waals surface area contributed by atoms with Crippen molar-refractivity contribution in [3.8, 4) is 44.0 Å². The van der Waals surface area contributed by atoms with E-state index in [-0.39, 0.29) is 0 Å². The first kappa shape index (κ1) is 33.1. The standard InChI is InChI=1S/C53H34N2OS/c1-3-9-35(10-4-1)37-17-24-44(25-18-37)55(45-26-19-38(20-27-45)42-16-15-36-11-7-8-14-41(36)31-42)46-28-21-39(22-29-46)43-23-30-47-48-33-52-49(34-51(48)56-50(47)32-43)54-53(57-52)40-12-5-2-6-13-40/h1-34H. The predicted octanol–water partition coefficient (Wildman–Crippen LogP) is 15.5. The van der Waals surface area contributed by atoms with Crippen LogP contribution in [0.5, 0.6) is 0 Å². The van der Waals surface area contributed by atoms with Gasteiger partial charge in [-0.1, -0.05) is 140 Å². The number of fused-ring (bicyclic) bond motifs is 5. The normalized spacial score (nSPS) is 11.5. The minimum atomic E-state index is 0.857. The SMILES string of the molecule is c1ccc(-c2ccc(N(c3ccc(-c4ccc5ccccc5c4)cc3)c3ccc(-c4ccc5c(c4)oc4cc6nc(-c7ccccc7)sc6cc45)cc3)cc2)cc1. The second-order valence-corrected chi connectivity index (χ2v) is 15.4. The monoisotopic (exact) mass is 746 g/mol. The van der Waals surface area contributed by atoms with Crippen LogP contribution < -0.4 is 4.90 Å². The highest BCUT2D eigenvalue weighted by Crippen LogP contribution is 2.40. The van der Waals surface area contributed by atoms with Gasteiger partial charge in [-0.3, -0.25) is 0 Å². The quantitative estimate of drug-likeness (QED) is 0.163. The minimum Gasteiger partial charge on any atom is -0.456 e. The number of anilines is 3. The molecule has 0 fully saturated rings. The van der Waals surface area contributed by atoms with Crippen molar-refractivity contribution in [1.29, 1.82) is 0 Å². The number of thiazole rings is 1. The van der Waals surface area contributed by atoms with Gasteiger partial charge in [-0.05, 0) is 105 Å². The molecule has 57 heavy (non-hydrogen) atoms. The predicted molar refractivity (Wildman–Crippen MR) is 241 cm³/mol. The first-order valence-corrected chi connectivity index (χ1v) is 20.0. The highest BCUT2D eigenvalue weighted by molar-refractivity contribution is 7.21. The first-order chi connectivity index (χ1) is 28.2. The molecule has 11 aromatic rings. The fraction of sp³-hybridized carbons (Fsp3) is 0. The summed E-state index contributed by atoms with van der Waals surface area (Å²) in [5.41, 5.74) is 14.1. The second-order valence-electron chi connectivity index (χ2n) is 14.4. The van der Waals surface area contributed by atoms with Crippen LogP contribution in [0.1, 0.15) is 0 Å². The molecule has 268 valence electrons. The molecule has 0 unspecified atom stereocenters. The number of nitrogens with zero attached hydrogens (tertiary/aromatic N) is 2. The highest BCUT2D eigenvalue weighted by atomic mass is 32.1. The van der Waals surface area contributed by atoms with Crippen LogP contribution in [0.25, 0.3) is 86.9 Å². The average Bonchev–Trinajstić information content (AvgIpc) is 3.87. The van der Waals surface area contributed by atoms with Crippen molar-refractivity contribution in [2.75, 3.05) is 4.90 Å². The van der Waals surface area contributed by atoms with E-state index >= 15 is 0 Å². The van der Waals surface area contributed by atoms with Crippen LogP contribution in [0.15, 0.2) is 211 Å². The maximum atomic E-state index is 6.48. The third-order valence-corrected chi connectivity index (χ3v) is 12.0. The van der Waals surface area contributed by atoms with Crippen LogP contribution in [-0.2, 0) is 0 Å². The van der Waals surface area contributed by atoms with Crippen LogP contribution in [-0.4, -0.2) is 4.98 Å². The summed E-state index contributed by atoms with van der Waals surface area (Å²) in [6, 6.07) is 73.5. The van der Waals surface area contributed by atoms with Crippen molar-refractivity contribution in [2.24, 2.45) is 0 Å². The summed E-state index contributed by atoms with van der Waals surface area (Å²) in [6.07, 6.45) is 0. The molecule has 0 saturated heterocycles. The third kappa shape index (κ3) is 6.13. The lowest BCUT2D eigenvalue weighted by molar-refractivity contribution is 0.669. The van der Waals surface area contributed by atoms with Gasteiger partial charge in [0, 0.05) is 39.5 Å². The minimum absolute atomic E-state index is 0.857. The number of aromatic nitrogens is 1. The molecule has 0 N–H and O–H groups in total. The summed E-state index contributed by atoms with van der Waals surface area (Å²) in [7, 11) is 0. The Kier molecular flexibility index (Phi) is 8.01. The van der Waals surface area contributed by atoms with Crippen molar-refractivity contribution in [2.45, 2.75) is 0 Å². The van der Waals surface area contributed by atoms with Crippen LogP contribution in [0.4, 0.5) is 17.1 Å². The van der Waals surface area contributed by atoms with Gasteiger partial charge in [0.1, 0.15) is 16.2 Å². The average molecular weight is 747 g/mol. The molecule has 9 aromatic carbocycles. The summed E-state index contributed by atoms with van der Waals surface area (Å²) >= 11 is 1.72. The van der Waals surface area contributed by atoms with Gasteiger partial charge in [-0.25, -0.2) is 4.98 Å². The van der Waals surface area contributed by atoms with E-state index in [0.717, 1.165) is 70.9 Å². The van der Waals surface area contributed by atoms with Gasteiger partial charge < -0.3 is 9.32 Å². The molecule has 0 bridgehead atoms. The molecular formula is C53H34N2OS. The Hall–Kier alpha value is -7.27. The highest BCUT2D eigenvalue weighted by Gasteiger charge is 2.16. The second kappa shape index (κ2) is 13.8. The number of hydrogen-bond donors (Lipinski definition) is 0. The Labute approximate surface area is 334 Å². The molecular weight excluding hydrogens is 713 g/mol. The molecule has 2 aromatic heterocycles. The zero-order valence-electron chi connectivity index (χ0n) is 30.8. The van der Waals surface area contributed by atoms with Gasteiger partial charge in [0.2, 0.25) is 0 Å². The lowest BCUT2D eigenvalue weighted by Crippen LogP contribution is -2.09. The van der Waals surface area contributed by atoms with Crippen molar-refractivity contribution in [1.82, 2.24) is 4.98 Å². The van der Waals surface area contributed by atoms with Crippen LogP contribution in [0.3, 0.4) is 0 Å². The molecule has 4 heteroatoms. The van der Waals surface area contributed by atoms with E-state index in [1.54, 1.807) is 11.3 Å². The third-order valence-electron chi connectivity index (χ3n) is 10.9. The first-order valence-electron chi connectivity index (χ1n) is 19.2. The summed E-state index contributed by atoms with van der Waals surface area (Å²) in [4.78, 5) is 7.26. The van der Waals surface area contributed by atoms with Crippen LogP contribution in [0, 0.1) is 0 Å². The number of hydrogen-bond acceptors (Lipinski definition) is 4. The summed E-state index contributed by atoms with van der Waals surface area (Å²) in [5, 5.41) is 5.74. The number of rotatable bonds is 7. The Balaban J connectivity index is 0.929. The molecule has 0 amide bonds. The molecule has 11 rings (SSSR count). The Morgan fingerprint density at radius 2 is 0.860 bits per heavy atom. The van der Waals surface area contributed by atoms with E-state index in [1.165, 1.54) is 33.0 Å². The molecule has 3 nitrogen and oxygen atoms in total. The van der Waals surface area contributed by atoms with E-state index in [0.29, 0.717) is 0 Å². The molecule has 0 spiro atoms. The maximum Gasteiger partial charge on any atom is 0.137 e. The van der Waals surface area contributed by atoms with E-state index in [1.807, 2.05) is 6.07 Å². The molecule has 2 heterocycles. The van der Waals surface area contributed by atoms with E-state index in [9.17, 15) is 0 Å². The summed E-state index contributed by atoms with van der Waals surface area (Å²) in [5.74, 6) is 0. The number of benzene rings is 9. The largest absolute Gasteiger partial charge is 0.456 e. The van der Waals surface area contributed by atoms with Crippen molar-refractivity contribution < 1.29 is 4.42 Å². The smallest absolute Gasteiger partial charge is 0.137 e. The van der Waals surface area contributed by atoms with Crippen LogP contribution >= 0.6 is 11.3 Å². The van der Waals surface area contributed by atoms with Gasteiger partial charge in [0.05, 0.1) is 10.2 Å². The zero-order valence-corrected chi connectivity index (χ0v) is 31.7. The summed E-state index contributed by atoms with van der Waals surface area (Å²) < 4.78 is 7.63. The topological polar surface area (TPSA) is 29.3 Å². The van der Waals surface area contributed by atoms with Gasteiger partial charge in [-0.15, -0.1) is 11.3 Å². The molecule has 0 radical (unpaired) electrons. The fourth-order valence-electron chi connectivity index (χ4n) is 7.94. The molecule has 0 aliphatic rings. The van der Waals surface area contributed by atoms with Gasteiger partial charge in [-0.2, -0.15) is 0 Å². The zero-order chi connectivity index (χ0) is 37.7. The molecule has 0 atom stereocenters. The Bertz CT molecular complexity index is 3200. The van der Waals surface area contributed by atoms with E-state index in [4.69, 9.17) is 9.40 Å². The van der Waals surface area contributed by atoms with Gasteiger partial charge in [0.15, 0.2) is 0 Å². The molecule has 0 aliphatic heterocycles. The van der Waals surface area contributed by atoms with Gasteiger partial charge >= 0.3 is 0 Å². The van der Waals surface area contributed by atoms with Crippen molar-refractivity contribution in [3.05, 3.63) is 206 Å². The lowest BCUT2D eigenvalue weighted by Gasteiger charge is -2.26. The lowest BCUT2D eigenvalue weighted by atomic mass is 10.0. The molecule has 0 aliphatic carbocycles. The van der Waals surface area contributed by atoms with Crippen molar-refractivity contribution >= 4 is 71.3 Å². The van der Waals surface area contributed by atoms with Gasteiger partial charge in [0.25, 0.3) is 0 Å². The number of furan rings is 1. The summed E-state index contributed by atoms with van der Waals surface area (Å²) in [6.45, 7) is 0. The van der Waals surface area contributed by atoms with Crippen LogP contribution in [0.2, 0.25) is 0 Å². The fourth-order valence-corrected chi connectivity index (χ4v) is 8.93. The Morgan fingerprint density at radius 3 is 1.51 bits per heavy atom. The maximum absolute atomic E-state index is 6.48. The molecule has 0 saturated carbocycles.